The van der Waals surface area contributed by atoms with Crippen LogP contribution < -0.4 is 5.32 Å². The lowest BCUT2D eigenvalue weighted by Crippen LogP contribution is -2.34. The lowest BCUT2D eigenvalue weighted by molar-refractivity contribution is -0.137. The molecule has 1 aliphatic heterocycles. The van der Waals surface area contributed by atoms with Crippen LogP contribution in [-0.2, 0) is 11.0 Å². The number of allylic oxidation sites excluding steroid dienone is 2. The van der Waals surface area contributed by atoms with Crippen molar-refractivity contribution in [3.05, 3.63) is 82.7 Å². The molecule has 1 aromatic heterocycles. The van der Waals surface area contributed by atoms with Crippen molar-refractivity contribution in [1.29, 1.82) is 0 Å². The van der Waals surface area contributed by atoms with Crippen LogP contribution in [0.15, 0.2) is 66.0 Å². The maximum absolute atomic E-state index is 13.5. The van der Waals surface area contributed by atoms with E-state index in [9.17, 15) is 18.0 Å². The zero-order chi connectivity index (χ0) is 22.0. The Morgan fingerprint density at radius 1 is 1.06 bits per heavy atom. The number of halogens is 3. The van der Waals surface area contributed by atoms with Gasteiger partial charge in [0.05, 0.1) is 11.1 Å². The van der Waals surface area contributed by atoms with E-state index >= 15 is 0 Å². The molecule has 0 bridgehead atoms. The summed E-state index contributed by atoms with van der Waals surface area (Å²) >= 11 is 0. The van der Waals surface area contributed by atoms with Gasteiger partial charge in [-0.15, -0.1) is 0 Å². The Kier molecular flexibility index (Phi) is 4.26. The van der Waals surface area contributed by atoms with Crippen molar-refractivity contribution in [2.75, 3.05) is 5.32 Å². The highest BCUT2D eigenvalue weighted by molar-refractivity contribution is 6.04. The Morgan fingerprint density at radius 3 is 2.65 bits per heavy atom. The van der Waals surface area contributed by atoms with Gasteiger partial charge >= 0.3 is 6.18 Å². The van der Waals surface area contributed by atoms with Crippen molar-refractivity contribution in [3.8, 4) is 0 Å². The van der Waals surface area contributed by atoms with Crippen LogP contribution in [0.1, 0.15) is 49.3 Å². The number of ketones is 1. The smallest absolute Gasteiger partial charge is 0.358 e. The molecular formula is C25H21F3N2O. The standard InChI is InChI=1S/C25H21F3N2O/c1-24(2)12-19-23(20(31)13-24)21(14-5-3-6-15(11-14)25(26,27)28)22-16-7-4-10-29-17(16)8-9-18(22)30-19/h3-11,21,30H,12-13H2,1-2H3. The van der Waals surface area contributed by atoms with E-state index in [1.54, 1.807) is 12.3 Å². The van der Waals surface area contributed by atoms with Gasteiger partial charge in [0.1, 0.15) is 0 Å². The lowest BCUT2D eigenvalue weighted by atomic mass is 9.68. The van der Waals surface area contributed by atoms with Crippen LogP contribution >= 0.6 is 0 Å². The van der Waals surface area contributed by atoms with Gasteiger partial charge in [0.15, 0.2) is 5.78 Å². The van der Waals surface area contributed by atoms with Crippen LogP contribution in [0.4, 0.5) is 18.9 Å². The van der Waals surface area contributed by atoms with Gasteiger partial charge in [-0.2, -0.15) is 13.2 Å². The van der Waals surface area contributed by atoms with Crippen LogP contribution in [0.25, 0.3) is 10.9 Å². The summed E-state index contributed by atoms with van der Waals surface area (Å²) < 4.78 is 40.5. The number of anilines is 1. The van der Waals surface area contributed by atoms with E-state index in [4.69, 9.17) is 0 Å². The van der Waals surface area contributed by atoms with E-state index in [0.29, 0.717) is 24.0 Å². The summed E-state index contributed by atoms with van der Waals surface area (Å²) in [4.78, 5) is 17.7. The fraction of sp³-hybridized carbons (Fsp3) is 0.280. The molecule has 1 N–H and O–H groups in total. The third kappa shape index (κ3) is 3.30. The number of nitrogens with one attached hydrogen (secondary N) is 1. The molecular weight excluding hydrogens is 401 g/mol. The topological polar surface area (TPSA) is 42.0 Å². The first-order valence-electron chi connectivity index (χ1n) is 10.2. The molecule has 1 unspecified atom stereocenters. The maximum atomic E-state index is 13.5. The Hall–Kier alpha value is -3.15. The molecule has 31 heavy (non-hydrogen) atoms. The SMILES string of the molecule is CC1(C)CC(=O)C2=C(C1)Nc1ccc3ncccc3c1C2c1cccc(C(F)(F)F)c1. The van der Waals surface area contributed by atoms with Crippen molar-refractivity contribution >= 4 is 22.4 Å². The molecule has 6 heteroatoms. The van der Waals surface area contributed by atoms with Gasteiger partial charge in [0.2, 0.25) is 0 Å². The van der Waals surface area contributed by atoms with E-state index in [1.165, 1.54) is 12.1 Å². The lowest BCUT2D eigenvalue weighted by Gasteiger charge is -2.40. The number of aromatic nitrogens is 1. The average Bonchev–Trinajstić information content (AvgIpc) is 2.70. The van der Waals surface area contributed by atoms with Crippen molar-refractivity contribution < 1.29 is 18.0 Å². The predicted octanol–water partition coefficient (Wildman–Crippen LogP) is 6.45. The first-order valence-corrected chi connectivity index (χ1v) is 10.2. The molecule has 2 aromatic carbocycles. The van der Waals surface area contributed by atoms with E-state index in [1.807, 2.05) is 38.1 Å². The summed E-state index contributed by atoms with van der Waals surface area (Å²) in [6.07, 6.45) is -1.75. The van der Waals surface area contributed by atoms with Crippen LogP contribution in [-0.4, -0.2) is 10.8 Å². The van der Waals surface area contributed by atoms with E-state index < -0.39 is 17.7 Å². The Morgan fingerprint density at radius 2 is 1.87 bits per heavy atom. The molecule has 0 amide bonds. The zero-order valence-electron chi connectivity index (χ0n) is 17.2. The van der Waals surface area contributed by atoms with Gasteiger partial charge in [0.25, 0.3) is 0 Å². The second kappa shape index (κ2) is 6.67. The normalized spacial score (nSPS) is 20.3. The Bertz CT molecular complexity index is 1260. The molecule has 0 fully saturated rings. The Balaban J connectivity index is 1.81. The highest BCUT2D eigenvalue weighted by Gasteiger charge is 2.42. The van der Waals surface area contributed by atoms with Crippen LogP contribution in [0.5, 0.6) is 0 Å². The molecule has 0 saturated carbocycles. The number of alkyl halides is 3. The van der Waals surface area contributed by atoms with E-state index in [-0.39, 0.29) is 11.2 Å². The van der Waals surface area contributed by atoms with Gasteiger partial charge in [-0.1, -0.05) is 38.1 Å². The number of nitrogens with zero attached hydrogens (tertiary/aromatic N) is 1. The van der Waals surface area contributed by atoms with Crippen molar-refractivity contribution in [2.45, 2.75) is 38.8 Å². The molecule has 2 aliphatic rings. The van der Waals surface area contributed by atoms with Gasteiger partial charge < -0.3 is 5.32 Å². The summed E-state index contributed by atoms with van der Waals surface area (Å²) in [5, 5.41) is 4.26. The van der Waals surface area contributed by atoms with Crippen molar-refractivity contribution in [3.63, 3.8) is 0 Å². The molecule has 1 aliphatic carbocycles. The number of carbonyl (C=O) groups is 1. The highest BCUT2D eigenvalue weighted by atomic mass is 19.4. The minimum absolute atomic E-state index is 0.0206. The third-order valence-electron chi connectivity index (χ3n) is 6.16. The first kappa shape index (κ1) is 19.8. The number of hydrogen-bond acceptors (Lipinski definition) is 3. The van der Waals surface area contributed by atoms with Crippen LogP contribution in [0, 0.1) is 5.41 Å². The Labute approximate surface area is 178 Å². The maximum Gasteiger partial charge on any atom is 0.416 e. The number of hydrogen-bond donors (Lipinski definition) is 1. The number of benzene rings is 2. The molecule has 0 saturated heterocycles. The van der Waals surface area contributed by atoms with Crippen LogP contribution in [0.2, 0.25) is 0 Å². The van der Waals surface area contributed by atoms with Crippen LogP contribution in [0.3, 0.4) is 0 Å². The molecule has 158 valence electrons. The van der Waals surface area contributed by atoms with Crippen molar-refractivity contribution in [2.24, 2.45) is 5.41 Å². The van der Waals surface area contributed by atoms with Gasteiger partial charge in [-0.05, 0) is 47.2 Å². The average molecular weight is 422 g/mol. The highest BCUT2D eigenvalue weighted by Crippen LogP contribution is 2.51. The second-order valence-electron chi connectivity index (χ2n) is 9.11. The number of carbonyl (C=O) groups excluding carboxylic acids is 1. The first-order chi connectivity index (χ1) is 14.6. The molecule has 0 radical (unpaired) electrons. The minimum Gasteiger partial charge on any atom is -0.358 e. The molecule has 0 spiro atoms. The summed E-state index contributed by atoms with van der Waals surface area (Å²) in [6.45, 7) is 4.07. The third-order valence-corrected chi connectivity index (χ3v) is 6.16. The van der Waals surface area contributed by atoms with Gasteiger partial charge in [-0.3, -0.25) is 9.78 Å². The fourth-order valence-electron chi connectivity index (χ4n) is 4.91. The molecule has 1 atom stereocenters. The van der Waals surface area contributed by atoms with Crippen molar-refractivity contribution in [1.82, 2.24) is 4.98 Å². The van der Waals surface area contributed by atoms with Gasteiger partial charge in [0, 0.05) is 40.9 Å². The molecule has 2 heterocycles. The summed E-state index contributed by atoms with van der Waals surface area (Å²) in [5.41, 5.74) is 3.28. The number of rotatable bonds is 1. The molecule has 3 aromatic rings. The molecule has 5 rings (SSSR count). The summed E-state index contributed by atoms with van der Waals surface area (Å²) in [7, 11) is 0. The zero-order valence-corrected chi connectivity index (χ0v) is 17.2. The monoisotopic (exact) mass is 422 g/mol. The largest absolute Gasteiger partial charge is 0.416 e. The quantitative estimate of drug-likeness (QED) is 0.490. The van der Waals surface area contributed by atoms with Gasteiger partial charge in [-0.25, -0.2) is 0 Å². The number of fused-ring (bicyclic) bond motifs is 3. The minimum atomic E-state index is -4.46. The number of pyridine rings is 1. The van der Waals surface area contributed by atoms with E-state index in [2.05, 4.69) is 10.3 Å². The summed E-state index contributed by atoms with van der Waals surface area (Å²) in [6, 6.07) is 12.9. The fourth-order valence-corrected chi connectivity index (χ4v) is 4.91. The number of Topliss-reactive ketones (excluding diaryl/α,β-unsaturated/α-hetero) is 1. The van der Waals surface area contributed by atoms with E-state index in [0.717, 1.165) is 33.9 Å². The predicted molar refractivity (Wildman–Crippen MR) is 114 cm³/mol. The summed E-state index contributed by atoms with van der Waals surface area (Å²) in [5.74, 6) is -0.599. The second-order valence-corrected chi connectivity index (χ2v) is 9.11. The molecule has 3 nitrogen and oxygen atoms in total.